The molecule has 2 N–H and O–H groups in total. The fourth-order valence-corrected chi connectivity index (χ4v) is 6.31. The lowest BCUT2D eigenvalue weighted by Crippen LogP contribution is -2.44. The van der Waals surface area contributed by atoms with Gasteiger partial charge in [-0.1, -0.05) is 18.2 Å². The predicted octanol–water partition coefficient (Wildman–Crippen LogP) is 6.41. The van der Waals surface area contributed by atoms with E-state index in [1.165, 1.54) is 13.3 Å². The van der Waals surface area contributed by atoms with E-state index in [4.69, 9.17) is 23.7 Å². The molecule has 0 aliphatic carbocycles. The number of piperazine rings is 1. The summed E-state index contributed by atoms with van der Waals surface area (Å²) in [6.07, 6.45) is 2.24. The zero-order valence-corrected chi connectivity index (χ0v) is 33.2. The van der Waals surface area contributed by atoms with Crippen LogP contribution in [0.25, 0.3) is 0 Å². The third-order valence-electron chi connectivity index (χ3n) is 9.56. The maximum atomic E-state index is 13.9. The first-order valence-corrected chi connectivity index (χ1v) is 18.5. The number of carbonyl (C=O) groups is 2. The number of anilines is 3. The number of hydrogen-bond acceptors (Lipinski definition) is 12. The van der Waals surface area contributed by atoms with Crippen LogP contribution >= 0.6 is 0 Å². The Balaban J connectivity index is 1.44. The monoisotopic (exact) mass is 755 g/mol. The minimum atomic E-state index is -0.468. The summed E-state index contributed by atoms with van der Waals surface area (Å²) in [5.41, 5.74) is 3.56. The fourth-order valence-electron chi connectivity index (χ4n) is 6.31. The van der Waals surface area contributed by atoms with Crippen molar-refractivity contribution in [2.75, 3.05) is 91.4 Å². The zero-order valence-electron chi connectivity index (χ0n) is 33.2. The van der Waals surface area contributed by atoms with Crippen molar-refractivity contribution in [1.82, 2.24) is 24.7 Å². The average Bonchev–Trinajstić information content (AvgIpc) is 3.19. The lowest BCUT2D eigenvalue weighted by Gasteiger charge is -2.32. The number of likely N-dealkylation sites (N-methyl/N-ethyl adjacent to an activating group) is 1. The second-order valence-electron chi connectivity index (χ2n) is 13.3. The number of amides is 2. The number of methoxy groups -OCH3 is 3. The maximum absolute atomic E-state index is 13.9. The molecule has 55 heavy (non-hydrogen) atoms. The van der Waals surface area contributed by atoms with E-state index in [1.54, 1.807) is 49.5 Å². The molecule has 0 unspecified atom stereocenters. The number of rotatable bonds is 17. The molecule has 0 saturated carbocycles. The maximum Gasteiger partial charge on any atom is 0.262 e. The van der Waals surface area contributed by atoms with Gasteiger partial charge in [-0.2, -0.15) is 4.98 Å². The van der Waals surface area contributed by atoms with Crippen LogP contribution in [0.1, 0.15) is 52.1 Å². The Morgan fingerprint density at radius 1 is 0.855 bits per heavy atom. The Labute approximate surface area is 323 Å². The van der Waals surface area contributed by atoms with Gasteiger partial charge in [0.15, 0.2) is 23.0 Å². The average molecular weight is 756 g/mol. The van der Waals surface area contributed by atoms with E-state index in [0.29, 0.717) is 59.6 Å². The summed E-state index contributed by atoms with van der Waals surface area (Å²) in [5, 5.41) is 6.21. The van der Waals surface area contributed by atoms with Gasteiger partial charge in [-0.05, 0) is 70.5 Å². The highest BCUT2D eigenvalue weighted by atomic mass is 16.5. The smallest absolute Gasteiger partial charge is 0.262 e. The highest BCUT2D eigenvalue weighted by Crippen LogP contribution is 2.41. The van der Waals surface area contributed by atoms with Gasteiger partial charge in [0.25, 0.3) is 11.8 Å². The van der Waals surface area contributed by atoms with E-state index in [0.717, 1.165) is 50.3 Å². The van der Waals surface area contributed by atoms with E-state index in [-0.39, 0.29) is 29.0 Å². The molecule has 14 heteroatoms. The number of para-hydroxylation sites is 1. The van der Waals surface area contributed by atoms with E-state index in [2.05, 4.69) is 37.4 Å². The van der Waals surface area contributed by atoms with Gasteiger partial charge in [0.2, 0.25) is 17.6 Å². The van der Waals surface area contributed by atoms with Crippen LogP contribution in [0.3, 0.4) is 0 Å². The summed E-state index contributed by atoms with van der Waals surface area (Å²) in [6.45, 7) is 14.4. The predicted molar refractivity (Wildman–Crippen MR) is 213 cm³/mol. The minimum Gasteiger partial charge on any atom is -0.493 e. The summed E-state index contributed by atoms with van der Waals surface area (Å²) in [6, 6.07) is 14.2. The van der Waals surface area contributed by atoms with Gasteiger partial charge in [0.1, 0.15) is 5.56 Å². The number of hydrogen-bond donors (Lipinski definition) is 2. The van der Waals surface area contributed by atoms with Gasteiger partial charge in [0, 0.05) is 81.1 Å². The molecule has 0 bridgehead atoms. The van der Waals surface area contributed by atoms with Gasteiger partial charge in [-0.3, -0.25) is 9.59 Å². The minimum absolute atomic E-state index is 0.0387. The van der Waals surface area contributed by atoms with Crippen molar-refractivity contribution in [3.8, 4) is 34.6 Å². The molecule has 0 atom stereocenters. The van der Waals surface area contributed by atoms with Crippen molar-refractivity contribution in [1.29, 1.82) is 0 Å². The van der Waals surface area contributed by atoms with Crippen LogP contribution < -0.4 is 34.3 Å². The van der Waals surface area contributed by atoms with Crippen molar-refractivity contribution in [3.05, 3.63) is 77.0 Å². The highest BCUT2D eigenvalue weighted by molar-refractivity contribution is 6.06. The molecule has 0 radical (unpaired) electrons. The van der Waals surface area contributed by atoms with Gasteiger partial charge in [-0.15, -0.1) is 0 Å². The summed E-state index contributed by atoms with van der Waals surface area (Å²) < 4.78 is 29.5. The Kier molecular flexibility index (Phi) is 14.1. The van der Waals surface area contributed by atoms with Crippen LogP contribution in [0, 0.1) is 13.8 Å². The molecule has 4 aromatic rings. The number of aromatic nitrogens is 2. The molecule has 294 valence electrons. The van der Waals surface area contributed by atoms with Gasteiger partial charge >= 0.3 is 0 Å². The van der Waals surface area contributed by atoms with E-state index < -0.39 is 5.91 Å². The van der Waals surface area contributed by atoms with Crippen molar-refractivity contribution >= 4 is 29.1 Å². The lowest BCUT2D eigenvalue weighted by molar-refractivity contribution is 0.0772. The van der Waals surface area contributed by atoms with Gasteiger partial charge < -0.3 is 49.0 Å². The molecule has 1 saturated heterocycles. The first-order valence-electron chi connectivity index (χ1n) is 18.5. The van der Waals surface area contributed by atoms with Gasteiger partial charge in [0.05, 0.1) is 27.9 Å². The standard InChI is InChI=1S/C41H53N7O7/c1-9-48(10-2)40(50)29-15-16-32(33(23-29)51-6)55-39-31(38(49)44-36-27(3)13-11-14-28(36)4)26-42-41(45-39)43-30-24-34(52-7)37(53-8)35(25-30)54-22-12-17-47-20-18-46(5)19-21-47/h11,13-16,23-26H,9-10,12,17-22H2,1-8H3,(H,44,49)(H,42,43,45). The first-order chi connectivity index (χ1) is 26.6. The summed E-state index contributed by atoms with van der Waals surface area (Å²) in [7, 11) is 6.75. The molecule has 3 aromatic carbocycles. The van der Waals surface area contributed by atoms with Crippen molar-refractivity contribution < 1.29 is 33.3 Å². The SMILES string of the molecule is CCN(CC)C(=O)c1ccc(Oc2nc(Nc3cc(OC)c(OC)c(OCCCN4CCN(C)CC4)c3)ncc2C(=O)Nc2c(C)cccc2C)c(OC)c1. The molecule has 0 spiro atoms. The number of nitrogens with one attached hydrogen (secondary N) is 2. The fraction of sp³-hybridized carbons (Fsp3) is 0.415. The van der Waals surface area contributed by atoms with Crippen LogP contribution in [0.15, 0.2) is 54.7 Å². The third kappa shape index (κ3) is 10.1. The molecule has 14 nitrogen and oxygen atoms in total. The lowest BCUT2D eigenvalue weighted by atomic mass is 10.1. The van der Waals surface area contributed by atoms with Crippen molar-refractivity contribution in [3.63, 3.8) is 0 Å². The Hall–Kier alpha value is -5.60. The van der Waals surface area contributed by atoms with Crippen LogP contribution in [0.4, 0.5) is 17.3 Å². The Bertz CT molecular complexity index is 1920. The Morgan fingerprint density at radius 3 is 2.20 bits per heavy atom. The quantitative estimate of drug-likeness (QED) is 0.115. The molecule has 2 heterocycles. The first kappa shape index (κ1) is 40.6. The molecule has 5 rings (SSSR count). The van der Waals surface area contributed by atoms with Crippen molar-refractivity contribution in [2.45, 2.75) is 34.1 Å². The van der Waals surface area contributed by atoms with E-state index in [9.17, 15) is 9.59 Å². The molecule has 1 aliphatic heterocycles. The Morgan fingerprint density at radius 2 is 1.55 bits per heavy atom. The van der Waals surface area contributed by atoms with Crippen LogP contribution in [0.2, 0.25) is 0 Å². The summed E-state index contributed by atoms with van der Waals surface area (Å²) >= 11 is 0. The van der Waals surface area contributed by atoms with Gasteiger partial charge in [-0.25, -0.2) is 4.98 Å². The van der Waals surface area contributed by atoms with Crippen molar-refractivity contribution in [2.24, 2.45) is 0 Å². The molecule has 1 aromatic heterocycles. The zero-order chi connectivity index (χ0) is 39.5. The molecular formula is C41H53N7O7. The van der Waals surface area contributed by atoms with E-state index in [1.807, 2.05) is 45.9 Å². The van der Waals surface area contributed by atoms with Crippen LogP contribution in [0.5, 0.6) is 34.6 Å². The molecular weight excluding hydrogens is 702 g/mol. The third-order valence-corrected chi connectivity index (χ3v) is 9.56. The number of carbonyl (C=O) groups excluding carboxylic acids is 2. The topological polar surface area (TPSA) is 140 Å². The highest BCUT2D eigenvalue weighted by Gasteiger charge is 2.23. The van der Waals surface area contributed by atoms with Crippen LogP contribution in [-0.2, 0) is 0 Å². The molecule has 1 fully saturated rings. The number of aryl methyl sites for hydroxylation is 2. The largest absolute Gasteiger partial charge is 0.493 e. The second-order valence-corrected chi connectivity index (χ2v) is 13.3. The number of ether oxygens (including phenoxy) is 5. The second kappa shape index (κ2) is 19.1. The summed E-state index contributed by atoms with van der Waals surface area (Å²) in [4.78, 5) is 42.6. The number of benzene rings is 3. The van der Waals surface area contributed by atoms with E-state index >= 15 is 0 Å². The number of nitrogens with zero attached hydrogens (tertiary/aromatic N) is 5. The summed E-state index contributed by atoms with van der Waals surface area (Å²) in [5.74, 6) is 1.45. The molecule has 2 amide bonds. The van der Waals surface area contributed by atoms with Crippen LogP contribution in [-0.4, -0.2) is 117 Å². The molecule has 1 aliphatic rings. The normalized spacial score (nSPS) is 13.2.